The van der Waals surface area contributed by atoms with Crippen LogP contribution in [0, 0.1) is 6.92 Å². The van der Waals surface area contributed by atoms with Crippen LogP contribution in [0.2, 0.25) is 0 Å². The number of benzene rings is 1. The number of unbranched alkanes of at least 4 members (excludes halogenated alkanes) is 24. The highest BCUT2D eigenvalue weighted by atomic mass is 32.2. The molecule has 0 aliphatic rings. The Morgan fingerprint density at radius 1 is 0.400 bits per heavy atom. The lowest BCUT2D eigenvalue weighted by Crippen LogP contribution is -1.88. The Morgan fingerprint density at radius 2 is 0.675 bits per heavy atom. The highest BCUT2D eigenvalue weighted by molar-refractivity contribution is 8.00. The van der Waals surface area contributed by atoms with E-state index < -0.39 is 0 Å². The van der Waals surface area contributed by atoms with Crippen LogP contribution in [-0.2, 0) is 6.42 Å². The molecule has 0 spiro atoms. The third-order valence-electron chi connectivity index (χ3n) is 8.26. The maximum atomic E-state index is 4.17. The zero-order valence-electron chi connectivity index (χ0n) is 27.3. The standard InChI is InChI=1S/C38H69S2/c1-4-7-9-11-13-15-17-19-21-23-25-27-29-31-39-37-33-36(6-3)34-38(35-37)40-32-30-28-26-24-22-20-18-16-14-12-10-8-5-2/h33-35H,3-32H2,1-2H3. The molecule has 0 aliphatic carbocycles. The molecule has 0 unspecified atom stereocenters. The molecule has 40 heavy (non-hydrogen) atoms. The lowest BCUT2D eigenvalue weighted by Gasteiger charge is -2.09. The average molecular weight is 590 g/mol. The molecule has 2 heteroatoms. The summed E-state index contributed by atoms with van der Waals surface area (Å²) in [5.74, 6) is 2.53. The van der Waals surface area contributed by atoms with Gasteiger partial charge in [-0.1, -0.05) is 168 Å². The van der Waals surface area contributed by atoms with Crippen LogP contribution < -0.4 is 0 Å². The molecule has 1 aromatic carbocycles. The summed E-state index contributed by atoms with van der Waals surface area (Å²) in [4.78, 5) is 2.93. The van der Waals surface area contributed by atoms with Gasteiger partial charge in [0, 0.05) is 9.79 Å². The molecule has 1 radical (unpaired) electrons. The van der Waals surface area contributed by atoms with Gasteiger partial charge < -0.3 is 0 Å². The van der Waals surface area contributed by atoms with E-state index in [-0.39, 0.29) is 0 Å². The lowest BCUT2D eigenvalue weighted by atomic mass is 10.1. The fourth-order valence-corrected chi connectivity index (χ4v) is 7.69. The van der Waals surface area contributed by atoms with Gasteiger partial charge >= 0.3 is 0 Å². The largest absolute Gasteiger partial charge is 0.126 e. The zero-order valence-corrected chi connectivity index (χ0v) is 28.9. The minimum absolute atomic E-state index is 0.902. The summed E-state index contributed by atoms with van der Waals surface area (Å²) in [5, 5.41) is 0. The molecule has 0 nitrogen and oxygen atoms in total. The molecule has 1 rings (SSSR count). The molecule has 0 fully saturated rings. The van der Waals surface area contributed by atoms with Crippen molar-refractivity contribution >= 4 is 23.5 Å². The number of rotatable bonds is 31. The molecule has 0 saturated carbocycles. The van der Waals surface area contributed by atoms with Crippen molar-refractivity contribution < 1.29 is 0 Å². The molecule has 0 N–H and O–H groups in total. The maximum absolute atomic E-state index is 4.17. The zero-order chi connectivity index (χ0) is 28.8. The highest BCUT2D eigenvalue weighted by Crippen LogP contribution is 2.29. The van der Waals surface area contributed by atoms with Gasteiger partial charge in [0.1, 0.15) is 0 Å². The third kappa shape index (κ3) is 24.5. The van der Waals surface area contributed by atoms with Crippen LogP contribution in [0.3, 0.4) is 0 Å². The summed E-state index contributed by atoms with van der Waals surface area (Å²) in [7, 11) is 0. The van der Waals surface area contributed by atoms with Gasteiger partial charge in [-0.05, 0) is 61.5 Å². The Balaban J connectivity index is 2.01. The molecule has 0 amide bonds. The van der Waals surface area contributed by atoms with Gasteiger partial charge in [-0.25, -0.2) is 0 Å². The van der Waals surface area contributed by atoms with E-state index in [1.165, 1.54) is 194 Å². The molecular formula is C38H69S2. The lowest BCUT2D eigenvalue weighted by molar-refractivity contribution is 0.543. The Bertz CT molecular complexity index is 590. The number of thioether (sulfide) groups is 2. The smallest absolute Gasteiger partial charge is 0.00858 e. The van der Waals surface area contributed by atoms with Crippen LogP contribution in [0.1, 0.15) is 186 Å². The van der Waals surface area contributed by atoms with E-state index in [9.17, 15) is 0 Å². The van der Waals surface area contributed by atoms with Crippen molar-refractivity contribution in [2.24, 2.45) is 0 Å². The van der Waals surface area contributed by atoms with E-state index in [2.05, 4.69) is 62.5 Å². The third-order valence-corrected chi connectivity index (χ3v) is 10.4. The van der Waals surface area contributed by atoms with Crippen LogP contribution in [0.4, 0.5) is 0 Å². The van der Waals surface area contributed by atoms with E-state index in [0.717, 1.165) is 6.42 Å². The van der Waals surface area contributed by atoms with Crippen LogP contribution in [0.15, 0.2) is 28.0 Å². The first-order valence-corrected chi connectivity index (χ1v) is 20.0. The van der Waals surface area contributed by atoms with Gasteiger partial charge in [0.15, 0.2) is 0 Å². The second kappa shape index (κ2) is 30.4. The van der Waals surface area contributed by atoms with Crippen molar-refractivity contribution in [2.75, 3.05) is 11.5 Å². The molecule has 0 aliphatic heterocycles. The number of hydrogen-bond acceptors (Lipinski definition) is 2. The van der Waals surface area contributed by atoms with Gasteiger partial charge in [-0.3, -0.25) is 0 Å². The topological polar surface area (TPSA) is 0 Å². The fourth-order valence-electron chi connectivity index (χ4n) is 5.56. The normalized spacial score (nSPS) is 11.5. The molecule has 0 bridgehead atoms. The molecule has 0 saturated heterocycles. The van der Waals surface area contributed by atoms with E-state index in [1.807, 2.05) is 0 Å². The maximum Gasteiger partial charge on any atom is 0.00858 e. The van der Waals surface area contributed by atoms with Crippen LogP contribution in [-0.4, -0.2) is 11.5 Å². The molecular weight excluding hydrogens is 521 g/mol. The van der Waals surface area contributed by atoms with E-state index >= 15 is 0 Å². The minimum Gasteiger partial charge on any atom is -0.126 e. The van der Waals surface area contributed by atoms with Crippen molar-refractivity contribution in [3.05, 3.63) is 30.7 Å². The van der Waals surface area contributed by atoms with Gasteiger partial charge in [0.25, 0.3) is 0 Å². The van der Waals surface area contributed by atoms with Gasteiger partial charge in [0.2, 0.25) is 0 Å². The molecule has 233 valence electrons. The molecule has 0 heterocycles. The van der Waals surface area contributed by atoms with Crippen molar-refractivity contribution in [1.29, 1.82) is 0 Å². The Kier molecular flexibility index (Phi) is 28.8. The van der Waals surface area contributed by atoms with Gasteiger partial charge in [-0.15, -0.1) is 23.5 Å². The summed E-state index contributed by atoms with van der Waals surface area (Å²) in [6.07, 6.45) is 38.2. The second-order valence-corrected chi connectivity index (χ2v) is 14.6. The minimum atomic E-state index is 0.902. The van der Waals surface area contributed by atoms with Gasteiger partial charge in [0.05, 0.1) is 0 Å². The SMILES string of the molecule is [CH2]Cc1cc(SCCCCCCCCCCCCCCC)cc(SCCCCCCCCCCCCCCC)c1. The van der Waals surface area contributed by atoms with Crippen LogP contribution in [0.5, 0.6) is 0 Å². The first kappa shape index (κ1) is 37.9. The van der Waals surface area contributed by atoms with Gasteiger partial charge in [-0.2, -0.15) is 0 Å². The fraction of sp³-hybridized carbons (Fsp3) is 0.816. The monoisotopic (exact) mass is 589 g/mol. The van der Waals surface area contributed by atoms with E-state index in [4.69, 9.17) is 0 Å². The average Bonchev–Trinajstić information content (AvgIpc) is 2.97. The quantitative estimate of drug-likeness (QED) is 0.0624. The molecule has 1 aromatic rings. The number of hydrogen-bond donors (Lipinski definition) is 0. The summed E-state index contributed by atoms with van der Waals surface area (Å²) in [6, 6.07) is 7.21. The molecule has 0 aromatic heterocycles. The van der Waals surface area contributed by atoms with Crippen LogP contribution >= 0.6 is 23.5 Å². The summed E-state index contributed by atoms with van der Waals surface area (Å²) in [6.45, 7) is 8.77. The van der Waals surface area contributed by atoms with E-state index in [0.29, 0.717) is 0 Å². The first-order chi connectivity index (χ1) is 19.8. The Labute approximate surface area is 261 Å². The summed E-state index contributed by atoms with van der Waals surface area (Å²) in [5.41, 5.74) is 1.41. The predicted octanol–water partition coefficient (Wildman–Crippen LogP) is 14.4. The van der Waals surface area contributed by atoms with E-state index in [1.54, 1.807) is 0 Å². The Morgan fingerprint density at radius 3 is 0.950 bits per heavy atom. The first-order valence-electron chi connectivity index (χ1n) is 18.0. The van der Waals surface area contributed by atoms with Crippen molar-refractivity contribution in [2.45, 2.75) is 197 Å². The van der Waals surface area contributed by atoms with Crippen LogP contribution in [0.25, 0.3) is 0 Å². The Hall–Kier alpha value is -0.0800. The highest BCUT2D eigenvalue weighted by Gasteiger charge is 2.03. The van der Waals surface area contributed by atoms with Crippen molar-refractivity contribution in [1.82, 2.24) is 0 Å². The predicted molar refractivity (Wildman–Crippen MR) is 188 cm³/mol. The second-order valence-electron chi connectivity index (χ2n) is 12.2. The van der Waals surface area contributed by atoms with Crippen molar-refractivity contribution in [3.63, 3.8) is 0 Å². The summed E-state index contributed by atoms with van der Waals surface area (Å²) < 4.78 is 0. The summed E-state index contributed by atoms with van der Waals surface area (Å²) >= 11 is 4.14. The molecule has 0 atom stereocenters. The van der Waals surface area contributed by atoms with Crippen molar-refractivity contribution in [3.8, 4) is 0 Å².